The highest BCUT2D eigenvalue weighted by atomic mass is 35.5. The van der Waals surface area contributed by atoms with Crippen molar-refractivity contribution in [3.05, 3.63) is 29.0 Å². The highest BCUT2D eigenvalue weighted by molar-refractivity contribution is 7.89. The molecule has 0 aliphatic carbocycles. The molecule has 1 saturated heterocycles. The van der Waals surface area contributed by atoms with Crippen LogP contribution in [-0.4, -0.2) is 49.7 Å². The minimum Gasteiger partial charge on any atom is -0.341 e. The van der Waals surface area contributed by atoms with Crippen molar-refractivity contribution in [3.63, 3.8) is 0 Å². The number of rotatable bonds is 3. The first-order valence-corrected chi connectivity index (χ1v) is 8.91. The van der Waals surface area contributed by atoms with Gasteiger partial charge in [-0.1, -0.05) is 18.5 Å². The molecule has 0 unspecified atom stereocenters. The number of hydrogen-bond acceptors (Lipinski definition) is 3. The molecule has 122 valence electrons. The second kappa shape index (κ2) is 6.93. The van der Waals surface area contributed by atoms with E-state index < -0.39 is 15.8 Å². The first kappa shape index (κ1) is 17.2. The number of carbonyl (C=O) groups is 1. The summed E-state index contributed by atoms with van der Waals surface area (Å²) in [7, 11) is -3.74. The second-order valence-corrected chi connectivity index (χ2v) is 7.41. The van der Waals surface area contributed by atoms with Crippen molar-refractivity contribution in [1.29, 1.82) is 0 Å². The van der Waals surface area contributed by atoms with E-state index in [1.165, 1.54) is 10.4 Å². The van der Waals surface area contributed by atoms with Crippen molar-refractivity contribution in [2.75, 3.05) is 26.2 Å². The van der Waals surface area contributed by atoms with E-state index in [2.05, 4.69) is 0 Å². The quantitative estimate of drug-likeness (QED) is 0.840. The Hall–Kier alpha value is -1.18. The summed E-state index contributed by atoms with van der Waals surface area (Å²) in [6.45, 7) is 3.24. The van der Waals surface area contributed by atoms with Crippen LogP contribution in [0.4, 0.5) is 4.39 Å². The Morgan fingerprint density at radius 2 is 2.00 bits per heavy atom. The van der Waals surface area contributed by atoms with E-state index in [9.17, 15) is 17.6 Å². The third-order valence-electron chi connectivity index (χ3n) is 3.64. The zero-order chi connectivity index (χ0) is 16.3. The van der Waals surface area contributed by atoms with Gasteiger partial charge in [0.1, 0.15) is 5.82 Å². The molecule has 1 amide bonds. The molecule has 0 radical (unpaired) electrons. The van der Waals surface area contributed by atoms with Crippen molar-refractivity contribution in [2.45, 2.75) is 24.7 Å². The van der Waals surface area contributed by atoms with Crippen LogP contribution in [0.15, 0.2) is 23.1 Å². The summed E-state index contributed by atoms with van der Waals surface area (Å²) in [4.78, 5) is 13.4. The number of hydrogen-bond donors (Lipinski definition) is 0. The van der Waals surface area contributed by atoms with Gasteiger partial charge in [0.2, 0.25) is 15.9 Å². The molecule has 0 aromatic heterocycles. The lowest BCUT2D eigenvalue weighted by Crippen LogP contribution is -2.37. The highest BCUT2D eigenvalue weighted by Crippen LogP contribution is 2.23. The van der Waals surface area contributed by atoms with Crippen LogP contribution in [0.2, 0.25) is 5.02 Å². The Labute approximate surface area is 134 Å². The lowest BCUT2D eigenvalue weighted by molar-refractivity contribution is -0.130. The zero-order valence-electron chi connectivity index (χ0n) is 12.3. The fourth-order valence-electron chi connectivity index (χ4n) is 2.39. The van der Waals surface area contributed by atoms with Crippen LogP contribution in [0.5, 0.6) is 0 Å². The molecule has 5 nitrogen and oxygen atoms in total. The molecule has 22 heavy (non-hydrogen) atoms. The molecule has 1 aliphatic rings. The Morgan fingerprint density at radius 1 is 1.27 bits per heavy atom. The standard InChI is InChI=1S/C14H18ClFN2O3S/c1-2-14(19)17-6-3-7-18(9-8-17)22(20,21)11-4-5-13(16)12(15)10-11/h4-5,10H,2-3,6-9H2,1H3. The van der Waals surface area contributed by atoms with Crippen LogP contribution in [0.1, 0.15) is 19.8 Å². The molecule has 0 spiro atoms. The first-order chi connectivity index (χ1) is 10.4. The first-order valence-electron chi connectivity index (χ1n) is 7.09. The summed E-state index contributed by atoms with van der Waals surface area (Å²) in [5.74, 6) is -0.639. The van der Waals surface area contributed by atoms with Crippen LogP contribution in [0.3, 0.4) is 0 Å². The summed E-state index contributed by atoms with van der Waals surface area (Å²) in [6.07, 6.45) is 0.972. The Morgan fingerprint density at radius 3 is 2.64 bits per heavy atom. The number of halogens is 2. The van der Waals surface area contributed by atoms with Crippen LogP contribution >= 0.6 is 11.6 Å². The van der Waals surface area contributed by atoms with Crippen LogP contribution in [0.25, 0.3) is 0 Å². The van der Waals surface area contributed by atoms with Crippen molar-refractivity contribution < 1.29 is 17.6 Å². The largest absolute Gasteiger partial charge is 0.341 e. The molecule has 8 heteroatoms. The van der Waals surface area contributed by atoms with Crippen molar-refractivity contribution >= 4 is 27.5 Å². The fourth-order valence-corrected chi connectivity index (χ4v) is 4.14. The van der Waals surface area contributed by atoms with Crippen molar-refractivity contribution in [2.24, 2.45) is 0 Å². The van der Waals surface area contributed by atoms with Gasteiger partial charge >= 0.3 is 0 Å². The maximum Gasteiger partial charge on any atom is 0.243 e. The SMILES string of the molecule is CCC(=O)N1CCCN(S(=O)(=O)c2ccc(F)c(Cl)c2)CC1. The minimum absolute atomic E-state index is 0.0177. The smallest absolute Gasteiger partial charge is 0.243 e. The molecule has 1 aromatic rings. The monoisotopic (exact) mass is 348 g/mol. The summed E-state index contributed by atoms with van der Waals surface area (Å²) in [5, 5.41) is -0.223. The number of amides is 1. The van der Waals surface area contributed by atoms with Crippen LogP contribution < -0.4 is 0 Å². The van der Waals surface area contributed by atoms with E-state index in [1.54, 1.807) is 11.8 Å². The van der Waals surface area contributed by atoms with Gasteiger partial charge in [0.05, 0.1) is 9.92 Å². The van der Waals surface area contributed by atoms with Gasteiger partial charge in [-0.25, -0.2) is 12.8 Å². The predicted molar refractivity (Wildman–Crippen MR) is 81.7 cm³/mol. The van der Waals surface area contributed by atoms with Gasteiger partial charge in [-0.15, -0.1) is 0 Å². The second-order valence-electron chi connectivity index (χ2n) is 5.07. The summed E-state index contributed by atoms with van der Waals surface area (Å²) in [5.41, 5.74) is 0. The van der Waals surface area contributed by atoms with Gasteiger partial charge in [-0.3, -0.25) is 4.79 Å². The molecule has 1 aromatic carbocycles. The summed E-state index contributed by atoms with van der Waals surface area (Å²) < 4.78 is 39.7. The van der Waals surface area contributed by atoms with Gasteiger partial charge < -0.3 is 4.90 Å². The number of sulfonamides is 1. The van der Waals surface area contributed by atoms with E-state index in [4.69, 9.17) is 11.6 Å². The molecular weight excluding hydrogens is 331 g/mol. The van der Waals surface area contributed by atoms with Crippen molar-refractivity contribution in [3.8, 4) is 0 Å². The van der Waals surface area contributed by atoms with Crippen LogP contribution in [0, 0.1) is 5.82 Å². The van der Waals surface area contributed by atoms with E-state index in [0.717, 1.165) is 12.1 Å². The van der Waals surface area contributed by atoms with Gasteiger partial charge in [0.25, 0.3) is 0 Å². The van der Waals surface area contributed by atoms with E-state index in [-0.39, 0.29) is 22.4 Å². The normalized spacial score (nSPS) is 17.3. The summed E-state index contributed by atoms with van der Waals surface area (Å²) in [6, 6.07) is 3.36. The average Bonchev–Trinajstić information content (AvgIpc) is 2.75. The Balaban J connectivity index is 2.19. The third-order valence-corrected chi connectivity index (χ3v) is 5.82. The summed E-state index contributed by atoms with van der Waals surface area (Å²) >= 11 is 5.66. The lowest BCUT2D eigenvalue weighted by Gasteiger charge is -2.21. The zero-order valence-corrected chi connectivity index (χ0v) is 13.8. The molecule has 1 aliphatic heterocycles. The molecule has 0 N–H and O–H groups in total. The molecule has 0 atom stereocenters. The molecule has 0 saturated carbocycles. The maximum atomic E-state index is 13.2. The van der Waals surface area contributed by atoms with E-state index in [1.807, 2.05) is 0 Å². The minimum atomic E-state index is -3.74. The van der Waals surface area contributed by atoms with Crippen molar-refractivity contribution in [1.82, 2.24) is 9.21 Å². The topological polar surface area (TPSA) is 57.7 Å². The Bertz CT molecular complexity index is 666. The molecular formula is C14H18ClFN2O3S. The predicted octanol–water partition coefficient (Wildman–Crippen LogP) is 2.11. The number of carbonyl (C=O) groups excluding carboxylic acids is 1. The van der Waals surface area contributed by atoms with Crippen LogP contribution in [-0.2, 0) is 14.8 Å². The van der Waals surface area contributed by atoms with Gasteiger partial charge in [0, 0.05) is 32.6 Å². The van der Waals surface area contributed by atoms with Gasteiger partial charge in [0.15, 0.2) is 0 Å². The lowest BCUT2D eigenvalue weighted by atomic mass is 10.3. The average molecular weight is 349 g/mol. The molecule has 1 fully saturated rings. The van der Waals surface area contributed by atoms with E-state index in [0.29, 0.717) is 32.5 Å². The molecule has 2 rings (SSSR count). The van der Waals surface area contributed by atoms with Gasteiger partial charge in [-0.05, 0) is 24.6 Å². The highest BCUT2D eigenvalue weighted by Gasteiger charge is 2.28. The van der Waals surface area contributed by atoms with Gasteiger partial charge in [-0.2, -0.15) is 4.31 Å². The van der Waals surface area contributed by atoms with E-state index >= 15 is 0 Å². The maximum absolute atomic E-state index is 13.2. The number of benzene rings is 1. The number of nitrogens with zero attached hydrogens (tertiary/aromatic N) is 2. The molecule has 1 heterocycles. The molecule has 0 bridgehead atoms. The Kier molecular flexibility index (Phi) is 5.41. The third kappa shape index (κ3) is 3.59. The fraction of sp³-hybridized carbons (Fsp3) is 0.500.